The van der Waals surface area contributed by atoms with Crippen LogP contribution >= 0.6 is 0 Å². The van der Waals surface area contributed by atoms with Crippen molar-refractivity contribution in [2.45, 2.75) is 19.9 Å². The Morgan fingerprint density at radius 2 is 1.93 bits per heavy atom. The van der Waals surface area contributed by atoms with E-state index in [1.807, 2.05) is 0 Å². The van der Waals surface area contributed by atoms with Crippen molar-refractivity contribution in [2.24, 2.45) is 11.7 Å². The highest BCUT2D eigenvalue weighted by atomic mass is 15.2. The molecule has 2 nitrogen and oxygen atoms in total. The number of anilines is 1. The highest BCUT2D eigenvalue weighted by Gasteiger charge is 2.24. The van der Waals surface area contributed by atoms with Gasteiger partial charge in [-0.05, 0) is 30.0 Å². The van der Waals surface area contributed by atoms with E-state index in [2.05, 4.69) is 36.1 Å². The highest BCUT2D eigenvalue weighted by Crippen LogP contribution is 2.26. The maximum atomic E-state index is 5.55. The second-order valence-corrected chi connectivity index (χ2v) is 4.05. The Morgan fingerprint density at radius 3 is 2.43 bits per heavy atom. The summed E-state index contributed by atoms with van der Waals surface area (Å²) in [7, 11) is 0. The van der Waals surface area contributed by atoms with Gasteiger partial charge in [-0.1, -0.05) is 19.1 Å². The average Bonchev–Trinajstić information content (AvgIpc) is 2.17. The molecule has 1 aromatic rings. The van der Waals surface area contributed by atoms with Crippen LogP contribution in [0.25, 0.3) is 0 Å². The van der Waals surface area contributed by atoms with E-state index in [-0.39, 0.29) is 0 Å². The third kappa shape index (κ3) is 1.75. The van der Waals surface area contributed by atoms with Gasteiger partial charge in [0.05, 0.1) is 0 Å². The van der Waals surface area contributed by atoms with Crippen molar-refractivity contribution in [1.29, 1.82) is 0 Å². The first-order valence-corrected chi connectivity index (χ1v) is 5.37. The summed E-state index contributed by atoms with van der Waals surface area (Å²) in [6, 6.07) is 8.59. The van der Waals surface area contributed by atoms with Crippen molar-refractivity contribution in [3.63, 3.8) is 0 Å². The van der Waals surface area contributed by atoms with E-state index < -0.39 is 0 Å². The molecular weight excluding hydrogens is 172 g/mol. The Labute approximate surface area is 85.7 Å². The lowest BCUT2D eigenvalue weighted by Crippen LogP contribution is -2.46. The smallest absolute Gasteiger partial charge is 0.0366 e. The lowest BCUT2D eigenvalue weighted by atomic mass is 9.96. The lowest BCUT2D eigenvalue weighted by Gasteiger charge is -2.40. The summed E-state index contributed by atoms with van der Waals surface area (Å²) in [6.07, 6.45) is 1.30. The minimum atomic E-state index is 0.637. The van der Waals surface area contributed by atoms with E-state index in [1.54, 1.807) is 0 Å². The lowest BCUT2D eigenvalue weighted by molar-refractivity contribution is 0.399. The van der Waals surface area contributed by atoms with Crippen molar-refractivity contribution >= 4 is 5.69 Å². The van der Waals surface area contributed by atoms with Crippen LogP contribution in [0.2, 0.25) is 0 Å². The van der Waals surface area contributed by atoms with Crippen LogP contribution in [0.5, 0.6) is 0 Å². The molecule has 76 valence electrons. The van der Waals surface area contributed by atoms with Gasteiger partial charge in [0, 0.05) is 25.3 Å². The quantitative estimate of drug-likeness (QED) is 0.789. The zero-order valence-corrected chi connectivity index (χ0v) is 8.74. The Hall–Kier alpha value is -1.02. The van der Waals surface area contributed by atoms with E-state index >= 15 is 0 Å². The second kappa shape index (κ2) is 4.01. The van der Waals surface area contributed by atoms with Crippen LogP contribution in [0, 0.1) is 5.92 Å². The molecule has 1 aliphatic heterocycles. The number of hydrogen-bond donors (Lipinski definition) is 1. The molecule has 0 amide bonds. The van der Waals surface area contributed by atoms with Crippen LogP contribution in [-0.2, 0) is 6.54 Å². The van der Waals surface area contributed by atoms with Crippen molar-refractivity contribution in [1.82, 2.24) is 0 Å². The van der Waals surface area contributed by atoms with Crippen molar-refractivity contribution in [3.8, 4) is 0 Å². The van der Waals surface area contributed by atoms with Gasteiger partial charge < -0.3 is 10.6 Å². The summed E-state index contributed by atoms with van der Waals surface area (Å²) < 4.78 is 0. The molecule has 0 atom stereocenters. The number of rotatable bonds is 3. The maximum absolute atomic E-state index is 5.55. The number of nitrogens with zero attached hydrogens (tertiary/aromatic N) is 1. The third-order valence-corrected chi connectivity index (χ3v) is 3.07. The van der Waals surface area contributed by atoms with Gasteiger partial charge in [-0.3, -0.25) is 0 Å². The van der Waals surface area contributed by atoms with Crippen LogP contribution in [-0.4, -0.2) is 13.1 Å². The predicted octanol–water partition coefficient (Wildman–Crippen LogP) is 1.99. The first kappa shape index (κ1) is 9.53. The largest absolute Gasteiger partial charge is 0.371 e. The zero-order chi connectivity index (χ0) is 9.97. The van der Waals surface area contributed by atoms with Crippen LogP contribution < -0.4 is 10.6 Å². The molecule has 1 heterocycles. The molecule has 0 aromatic heterocycles. The fraction of sp³-hybridized carbons (Fsp3) is 0.500. The third-order valence-electron chi connectivity index (χ3n) is 3.07. The van der Waals surface area contributed by atoms with Gasteiger partial charge >= 0.3 is 0 Å². The van der Waals surface area contributed by atoms with E-state index in [0.717, 1.165) is 5.92 Å². The number of benzene rings is 1. The molecule has 0 spiro atoms. The first-order valence-electron chi connectivity index (χ1n) is 5.37. The Kier molecular flexibility index (Phi) is 2.73. The molecule has 1 fully saturated rings. The molecule has 2 rings (SSSR count). The summed E-state index contributed by atoms with van der Waals surface area (Å²) in [4.78, 5) is 2.43. The fourth-order valence-corrected chi connectivity index (χ4v) is 1.88. The van der Waals surface area contributed by atoms with Crippen LogP contribution in [0.1, 0.15) is 18.9 Å². The summed E-state index contributed by atoms with van der Waals surface area (Å²) in [5, 5.41) is 0. The van der Waals surface area contributed by atoms with Gasteiger partial charge in [-0.25, -0.2) is 0 Å². The second-order valence-electron chi connectivity index (χ2n) is 4.05. The number of nitrogens with two attached hydrogens (primary N) is 1. The van der Waals surface area contributed by atoms with Gasteiger partial charge in [0.2, 0.25) is 0 Å². The summed E-state index contributed by atoms with van der Waals surface area (Å²) in [6.45, 7) is 5.34. The van der Waals surface area contributed by atoms with E-state index in [0.29, 0.717) is 6.54 Å². The minimum Gasteiger partial charge on any atom is -0.371 e. The first-order chi connectivity index (χ1) is 6.83. The number of hydrogen-bond acceptors (Lipinski definition) is 2. The molecular formula is C12H18N2. The topological polar surface area (TPSA) is 29.3 Å². The molecule has 0 radical (unpaired) electrons. The molecule has 1 aliphatic rings. The molecule has 0 bridgehead atoms. The van der Waals surface area contributed by atoms with E-state index in [1.165, 1.54) is 30.8 Å². The molecule has 2 N–H and O–H groups in total. The fourth-order valence-electron chi connectivity index (χ4n) is 1.88. The average molecular weight is 190 g/mol. The van der Waals surface area contributed by atoms with Crippen LogP contribution in [0.3, 0.4) is 0 Å². The monoisotopic (exact) mass is 190 g/mol. The Morgan fingerprint density at radius 1 is 1.29 bits per heavy atom. The minimum absolute atomic E-state index is 0.637. The molecule has 1 saturated heterocycles. The standard InChI is InChI=1S/C12H18N2/c1-2-10-8-14(9-10)12-5-3-11(7-13)4-6-12/h3-6,10H,2,7-9,13H2,1H3. The van der Waals surface area contributed by atoms with Gasteiger partial charge in [-0.2, -0.15) is 0 Å². The molecule has 0 unspecified atom stereocenters. The normalized spacial score (nSPS) is 16.9. The van der Waals surface area contributed by atoms with Crippen LogP contribution in [0.4, 0.5) is 5.69 Å². The Bertz CT molecular complexity index is 286. The van der Waals surface area contributed by atoms with Crippen molar-refractivity contribution in [3.05, 3.63) is 29.8 Å². The molecule has 2 heteroatoms. The predicted molar refractivity (Wildman–Crippen MR) is 60.3 cm³/mol. The SMILES string of the molecule is CCC1CN(c2ccc(CN)cc2)C1. The van der Waals surface area contributed by atoms with Gasteiger partial charge in [0.25, 0.3) is 0 Å². The van der Waals surface area contributed by atoms with Crippen molar-refractivity contribution < 1.29 is 0 Å². The van der Waals surface area contributed by atoms with Crippen molar-refractivity contribution in [2.75, 3.05) is 18.0 Å². The highest BCUT2D eigenvalue weighted by molar-refractivity contribution is 5.49. The Balaban J connectivity index is 1.98. The zero-order valence-electron chi connectivity index (χ0n) is 8.74. The molecule has 1 aromatic carbocycles. The molecule has 0 aliphatic carbocycles. The maximum Gasteiger partial charge on any atom is 0.0366 e. The van der Waals surface area contributed by atoms with Gasteiger partial charge in [0.15, 0.2) is 0 Å². The van der Waals surface area contributed by atoms with Gasteiger partial charge in [-0.15, -0.1) is 0 Å². The van der Waals surface area contributed by atoms with E-state index in [9.17, 15) is 0 Å². The molecule has 14 heavy (non-hydrogen) atoms. The molecule has 0 saturated carbocycles. The van der Waals surface area contributed by atoms with E-state index in [4.69, 9.17) is 5.73 Å². The summed E-state index contributed by atoms with van der Waals surface area (Å²) >= 11 is 0. The summed E-state index contributed by atoms with van der Waals surface area (Å²) in [5.41, 5.74) is 8.10. The van der Waals surface area contributed by atoms with Gasteiger partial charge in [0.1, 0.15) is 0 Å². The summed E-state index contributed by atoms with van der Waals surface area (Å²) in [5.74, 6) is 0.907. The van der Waals surface area contributed by atoms with Crippen LogP contribution in [0.15, 0.2) is 24.3 Å².